The van der Waals surface area contributed by atoms with Crippen molar-refractivity contribution in [3.63, 3.8) is 0 Å². The number of aliphatic carboxylic acids is 1. The van der Waals surface area contributed by atoms with E-state index in [1.807, 2.05) is 19.1 Å². The Bertz CT molecular complexity index is 367. The molecule has 4 atom stereocenters. The number of carboxylic acids is 1. The lowest BCUT2D eigenvalue weighted by atomic mass is 9.99. The maximum atomic E-state index is 12.1. The Morgan fingerprint density at radius 3 is 2.53 bits per heavy atom. The quantitative estimate of drug-likeness (QED) is 0.667. The maximum Gasteiger partial charge on any atom is 0.308 e. The van der Waals surface area contributed by atoms with Gasteiger partial charge in [-0.15, -0.1) is 0 Å². The van der Waals surface area contributed by atoms with Gasteiger partial charge in [0.05, 0.1) is 11.8 Å². The second kappa shape index (κ2) is 4.49. The molecule has 4 unspecified atom stereocenters. The first kappa shape index (κ1) is 12.1. The normalized spacial score (nSPS) is 36.5. The third kappa shape index (κ3) is 2.34. The first-order chi connectivity index (χ1) is 7.99. The van der Waals surface area contributed by atoms with Crippen molar-refractivity contribution >= 4 is 11.9 Å². The van der Waals surface area contributed by atoms with Crippen LogP contribution in [0.2, 0.25) is 0 Å². The Balaban J connectivity index is 1.98. The third-order valence-electron chi connectivity index (χ3n) is 3.68. The number of carboxylic acid groups (broad SMARTS) is 1. The average molecular weight is 238 g/mol. The SMILES string of the molecule is CC1CN(C(=O)C2C=CC(N)C2)CC1C(=O)O. The van der Waals surface area contributed by atoms with Crippen LogP contribution in [0.5, 0.6) is 0 Å². The lowest BCUT2D eigenvalue weighted by molar-refractivity contribution is -0.142. The molecular formula is C12H18N2O3. The molecule has 1 aliphatic heterocycles. The second-order valence-corrected chi connectivity index (χ2v) is 5.06. The second-order valence-electron chi connectivity index (χ2n) is 5.06. The maximum absolute atomic E-state index is 12.1. The molecule has 17 heavy (non-hydrogen) atoms. The number of carbonyl (C=O) groups excluding carboxylic acids is 1. The largest absolute Gasteiger partial charge is 0.481 e. The first-order valence-corrected chi connectivity index (χ1v) is 5.94. The smallest absolute Gasteiger partial charge is 0.308 e. The van der Waals surface area contributed by atoms with E-state index in [4.69, 9.17) is 10.8 Å². The molecule has 5 heteroatoms. The average Bonchev–Trinajstić information content (AvgIpc) is 2.83. The van der Waals surface area contributed by atoms with Crippen molar-refractivity contribution in [3.8, 4) is 0 Å². The fraction of sp³-hybridized carbons (Fsp3) is 0.667. The monoisotopic (exact) mass is 238 g/mol. The Labute approximate surface area is 100 Å². The highest BCUT2D eigenvalue weighted by atomic mass is 16.4. The van der Waals surface area contributed by atoms with Crippen molar-refractivity contribution in [2.45, 2.75) is 19.4 Å². The van der Waals surface area contributed by atoms with Crippen molar-refractivity contribution < 1.29 is 14.7 Å². The molecule has 1 heterocycles. The minimum Gasteiger partial charge on any atom is -0.481 e. The van der Waals surface area contributed by atoms with Gasteiger partial charge in [-0.05, 0) is 12.3 Å². The highest BCUT2D eigenvalue weighted by Gasteiger charge is 2.39. The van der Waals surface area contributed by atoms with Crippen LogP contribution in [-0.2, 0) is 9.59 Å². The molecule has 0 bridgehead atoms. The van der Waals surface area contributed by atoms with E-state index in [1.165, 1.54) is 0 Å². The van der Waals surface area contributed by atoms with Crippen molar-refractivity contribution in [1.29, 1.82) is 0 Å². The van der Waals surface area contributed by atoms with Crippen molar-refractivity contribution in [3.05, 3.63) is 12.2 Å². The van der Waals surface area contributed by atoms with Gasteiger partial charge in [-0.1, -0.05) is 19.1 Å². The molecule has 1 amide bonds. The summed E-state index contributed by atoms with van der Waals surface area (Å²) in [4.78, 5) is 24.8. The van der Waals surface area contributed by atoms with Crippen molar-refractivity contribution in [1.82, 2.24) is 4.90 Å². The summed E-state index contributed by atoms with van der Waals surface area (Å²) in [5.41, 5.74) is 5.71. The van der Waals surface area contributed by atoms with E-state index in [0.29, 0.717) is 19.5 Å². The number of nitrogens with zero attached hydrogens (tertiary/aromatic N) is 1. The Morgan fingerprint density at radius 1 is 1.35 bits per heavy atom. The molecule has 3 N–H and O–H groups in total. The number of rotatable bonds is 2. The van der Waals surface area contributed by atoms with E-state index in [-0.39, 0.29) is 23.8 Å². The summed E-state index contributed by atoms with van der Waals surface area (Å²) in [5, 5.41) is 9.02. The van der Waals surface area contributed by atoms with Crippen LogP contribution in [0.3, 0.4) is 0 Å². The zero-order chi connectivity index (χ0) is 12.6. The zero-order valence-corrected chi connectivity index (χ0v) is 9.87. The number of nitrogens with two attached hydrogens (primary N) is 1. The minimum absolute atomic E-state index is 0.0183. The van der Waals surface area contributed by atoms with Gasteiger partial charge in [0.2, 0.25) is 5.91 Å². The van der Waals surface area contributed by atoms with E-state index >= 15 is 0 Å². The predicted molar refractivity (Wildman–Crippen MR) is 62.1 cm³/mol. The molecular weight excluding hydrogens is 220 g/mol. The number of hydrogen-bond acceptors (Lipinski definition) is 3. The van der Waals surface area contributed by atoms with Crippen LogP contribution in [-0.4, -0.2) is 41.0 Å². The summed E-state index contributed by atoms with van der Waals surface area (Å²) in [6.45, 7) is 2.74. The van der Waals surface area contributed by atoms with Crippen LogP contribution in [0.1, 0.15) is 13.3 Å². The van der Waals surface area contributed by atoms with Gasteiger partial charge in [-0.25, -0.2) is 0 Å². The van der Waals surface area contributed by atoms with E-state index in [9.17, 15) is 9.59 Å². The fourth-order valence-electron chi connectivity index (χ4n) is 2.61. The first-order valence-electron chi connectivity index (χ1n) is 5.94. The van der Waals surface area contributed by atoms with Crippen LogP contribution in [0.25, 0.3) is 0 Å². The Morgan fingerprint density at radius 2 is 2.06 bits per heavy atom. The molecule has 1 saturated heterocycles. The molecule has 0 saturated carbocycles. The van der Waals surface area contributed by atoms with Gasteiger partial charge in [0, 0.05) is 19.1 Å². The zero-order valence-electron chi connectivity index (χ0n) is 9.87. The summed E-state index contributed by atoms with van der Waals surface area (Å²) < 4.78 is 0. The van der Waals surface area contributed by atoms with E-state index in [2.05, 4.69) is 0 Å². The summed E-state index contributed by atoms with van der Waals surface area (Å²) in [6, 6.07) is -0.0424. The molecule has 0 aromatic heterocycles. The summed E-state index contributed by atoms with van der Waals surface area (Å²) >= 11 is 0. The highest BCUT2D eigenvalue weighted by Crippen LogP contribution is 2.27. The fourth-order valence-corrected chi connectivity index (χ4v) is 2.61. The predicted octanol–water partition coefficient (Wildman–Crippen LogP) is 0.0689. The standard InChI is InChI=1S/C12H18N2O3/c1-7-5-14(6-10(7)12(16)17)11(15)8-2-3-9(13)4-8/h2-3,7-10H,4-6,13H2,1H3,(H,16,17). The minimum atomic E-state index is -0.813. The van der Waals surface area contributed by atoms with Gasteiger partial charge in [0.25, 0.3) is 0 Å². The number of hydrogen-bond donors (Lipinski definition) is 2. The molecule has 2 aliphatic rings. The number of carbonyl (C=O) groups is 2. The highest BCUT2D eigenvalue weighted by molar-refractivity contribution is 5.83. The van der Waals surface area contributed by atoms with E-state index in [1.54, 1.807) is 4.90 Å². The van der Waals surface area contributed by atoms with E-state index in [0.717, 1.165) is 0 Å². The molecule has 0 aromatic carbocycles. The lowest BCUT2D eigenvalue weighted by Gasteiger charge is -2.19. The van der Waals surface area contributed by atoms with Gasteiger partial charge in [-0.2, -0.15) is 0 Å². The van der Waals surface area contributed by atoms with Crippen molar-refractivity contribution in [2.24, 2.45) is 23.5 Å². The molecule has 0 aromatic rings. The summed E-state index contributed by atoms with van der Waals surface area (Å²) in [5.74, 6) is -1.37. The van der Waals surface area contributed by atoms with Crippen LogP contribution in [0, 0.1) is 17.8 Å². The van der Waals surface area contributed by atoms with Crippen LogP contribution < -0.4 is 5.73 Å². The Hall–Kier alpha value is -1.36. The van der Waals surface area contributed by atoms with Gasteiger partial charge >= 0.3 is 5.97 Å². The van der Waals surface area contributed by atoms with Gasteiger partial charge in [0.1, 0.15) is 0 Å². The van der Waals surface area contributed by atoms with Gasteiger partial charge in [0.15, 0.2) is 0 Å². The molecule has 0 radical (unpaired) electrons. The summed E-state index contributed by atoms with van der Waals surface area (Å²) in [7, 11) is 0. The topological polar surface area (TPSA) is 83.6 Å². The summed E-state index contributed by atoms with van der Waals surface area (Å²) in [6.07, 6.45) is 4.32. The van der Waals surface area contributed by atoms with Gasteiger partial charge < -0.3 is 15.7 Å². The lowest BCUT2D eigenvalue weighted by Crippen LogP contribution is -2.35. The number of likely N-dealkylation sites (tertiary alicyclic amines) is 1. The van der Waals surface area contributed by atoms with Crippen molar-refractivity contribution in [2.75, 3.05) is 13.1 Å². The van der Waals surface area contributed by atoms with Gasteiger partial charge in [-0.3, -0.25) is 9.59 Å². The molecule has 1 aliphatic carbocycles. The molecule has 0 spiro atoms. The van der Waals surface area contributed by atoms with E-state index < -0.39 is 11.9 Å². The molecule has 5 nitrogen and oxygen atoms in total. The third-order valence-corrected chi connectivity index (χ3v) is 3.68. The molecule has 94 valence electrons. The van der Waals surface area contributed by atoms with Crippen LogP contribution in [0.15, 0.2) is 12.2 Å². The van der Waals surface area contributed by atoms with Crippen LogP contribution in [0.4, 0.5) is 0 Å². The number of amides is 1. The molecule has 2 rings (SSSR count). The van der Waals surface area contributed by atoms with Crippen LogP contribution >= 0.6 is 0 Å². The molecule has 1 fully saturated rings. The Kier molecular flexibility index (Phi) is 3.19.